The van der Waals surface area contributed by atoms with Gasteiger partial charge < -0.3 is 10.6 Å². The van der Waals surface area contributed by atoms with Crippen LogP contribution in [0.4, 0.5) is 5.69 Å². The lowest BCUT2D eigenvalue weighted by molar-refractivity contribution is -0.193. The number of aryl methyl sites for hydroxylation is 1. The number of hydrogen-bond donors (Lipinski definition) is 1. The van der Waals surface area contributed by atoms with E-state index in [2.05, 4.69) is 0 Å². The van der Waals surface area contributed by atoms with Crippen LogP contribution in [0.2, 0.25) is 0 Å². The van der Waals surface area contributed by atoms with Gasteiger partial charge in [0, 0.05) is 30.6 Å². The molecule has 0 saturated heterocycles. The molecule has 2 aromatic rings. The average Bonchev–Trinajstić information content (AvgIpc) is 2.63. The minimum atomic E-state index is -3.54. The molecule has 0 aromatic heterocycles. The summed E-state index contributed by atoms with van der Waals surface area (Å²) >= 11 is 1.08. The lowest BCUT2D eigenvalue weighted by Gasteiger charge is -2.20. The molecule has 9 heteroatoms. The number of anilines is 1. The molecule has 0 aliphatic rings. The van der Waals surface area contributed by atoms with Crippen LogP contribution in [0.25, 0.3) is 0 Å². The monoisotopic (exact) mass is 424 g/mol. The molecule has 0 radical (unpaired) electrons. The zero-order chi connectivity index (χ0) is 20.6. The maximum absolute atomic E-state index is 12.4. The number of nitrogens with two attached hydrogens (primary N) is 1. The molecule has 0 unspecified atom stereocenters. The van der Waals surface area contributed by atoms with Crippen LogP contribution >= 0.6 is 12.0 Å². The van der Waals surface area contributed by atoms with Crippen molar-refractivity contribution in [3.05, 3.63) is 54.1 Å². The molecular formula is C19H24N2O5S2. The third-order valence-corrected chi connectivity index (χ3v) is 6.21. The predicted octanol–water partition coefficient (Wildman–Crippen LogP) is 2.85. The Kier molecular flexibility index (Phi) is 8.31. The molecule has 152 valence electrons. The van der Waals surface area contributed by atoms with E-state index in [0.29, 0.717) is 5.69 Å². The number of carbonyl (C=O) groups is 1. The molecule has 28 heavy (non-hydrogen) atoms. The Morgan fingerprint density at radius 1 is 1.14 bits per heavy atom. The smallest absolute Gasteiger partial charge is 0.219 e. The van der Waals surface area contributed by atoms with Gasteiger partial charge in [0.05, 0.1) is 22.7 Å². The molecule has 2 rings (SSSR count). The number of rotatable bonds is 10. The molecular weight excluding hydrogens is 400 g/mol. The second kappa shape index (κ2) is 10.5. The van der Waals surface area contributed by atoms with Gasteiger partial charge in [0.1, 0.15) is 6.61 Å². The Morgan fingerprint density at radius 2 is 1.89 bits per heavy atom. The standard InChI is InChI=1S/C19H24N2O5S2/c1-15-5-3-7-18(13-15)27-26-25-11-9-21(16(2)22)10-12-28(23,24)19-8-4-6-17(20)14-19/h3-8,13-14H,9-12,20H2,1-2H3. The Hall–Kier alpha value is -2.07. The van der Waals surface area contributed by atoms with Gasteiger partial charge in [-0.05, 0) is 42.8 Å². The zero-order valence-corrected chi connectivity index (χ0v) is 17.5. The fraction of sp³-hybridized carbons (Fsp3) is 0.316. The van der Waals surface area contributed by atoms with E-state index in [-0.39, 0.29) is 36.3 Å². The van der Waals surface area contributed by atoms with Crippen molar-refractivity contribution in [3.8, 4) is 0 Å². The highest BCUT2D eigenvalue weighted by atomic mass is 32.2. The number of carbonyl (C=O) groups excluding carboxylic acids is 1. The van der Waals surface area contributed by atoms with Crippen molar-refractivity contribution in [1.29, 1.82) is 0 Å². The summed E-state index contributed by atoms with van der Waals surface area (Å²) < 4.78 is 29.9. The van der Waals surface area contributed by atoms with Crippen molar-refractivity contribution >= 4 is 33.5 Å². The third-order valence-electron chi connectivity index (χ3n) is 3.90. The van der Waals surface area contributed by atoms with Crippen LogP contribution in [0, 0.1) is 6.92 Å². The number of nitrogen functional groups attached to an aromatic ring is 1. The summed E-state index contributed by atoms with van der Waals surface area (Å²) in [5, 5.41) is 0. The minimum Gasteiger partial charge on any atom is -0.399 e. The summed E-state index contributed by atoms with van der Waals surface area (Å²) in [5.41, 5.74) is 7.13. The van der Waals surface area contributed by atoms with Crippen molar-refractivity contribution in [2.45, 2.75) is 23.6 Å². The van der Waals surface area contributed by atoms with E-state index < -0.39 is 9.84 Å². The van der Waals surface area contributed by atoms with E-state index in [4.69, 9.17) is 15.0 Å². The number of sulfone groups is 1. The maximum Gasteiger partial charge on any atom is 0.219 e. The summed E-state index contributed by atoms with van der Waals surface area (Å²) in [7, 11) is -3.54. The average molecular weight is 425 g/mol. The van der Waals surface area contributed by atoms with Gasteiger partial charge in [0.25, 0.3) is 0 Å². The summed E-state index contributed by atoms with van der Waals surface area (Å²) in [6, 6.07) is 13.8. The fourth-order valence-electron chi connectivity index (χ4n) is 2.39. The van der Waals surface area contributed by atoms with Crippen LogP contribution in [-0.2, 0) is 23.9 Å². The van der Waals surface area contributed by atoms with E-state index in [1.807, 2.05) is 31.2 Å². The molecule has 0 atom stereocenters. The van der Waals surface area contributed by atoms with Gasteiger partial charge in [-0.25, -0.2) is 13.3 Å². The van der Waals surface area contributed by atoms with E-state index in [1.165, 1.54) is 24.0 Å². The highest BCUT2D eigenvalue weighted by Gasteiger charge is 2.18. The van der Waals surface area contributed by atoms with Crippen LogP contribution in [0.5, 0.6) is 0 Å². The zero-order valence-electron chi connectivity index (χ0n) is 15.8. The van der Waals surface area contributed by atoms with Crippen molar-refractivity contribution in [1.82, 2.24) is 4.90 Å². The van der Waals surface area contributed by atoms with Gasteiger partial charge in [0.2, 0.25) is 5.91 Å². The quantitative estimate of drug-likeness (QED) is 0.206. The van der Waals surface area contributed by atoms with Crippen LogP contribution in [-0.4, -0.2) is 44.7 Å². The summed E-state index contributed by atoms with van der Waals surface area (Å²) in [5.74, 6) is -0.438. The third kappa shape index (κ3) is 7.16. The summed E-state index contributed by atoms with van der Waals surface area (Å²) in [4.78, 5) is 19.3. The normalized spacial score (nSPS) is 11.4. The largest absolute Gasteiger partial charge is 0.399 e. The van der Waals surface area contributed by atoms with Crippen molar-refractivity contribution in [2.75, 3.05) is 31.2 Å². The van der Waals surface area contributed by atoms with Crippen molar-refractivity contribution in [2.24, 2.45) is 0 Å². The number of amides is 1. The molecule has 7 nitrogen and oxygen atoms in total. The Balaban J connectivity index is 1.79. The second-order valence-electron chi connectivity index (χ2n) is 6.19. The van der Waals surface area contributed by atoms with Gasteiger partial charge in [-0.15, -0.1) is 0 Å². The first-order chi connectivity index (χ1) is 13.3. The first-order valence-corrected chi connectivity index (χ1v) is 11.0. The molecule has 0 fully saturated rings. The van der Waals surface area contributed by atoms with Gasteiger partial charge in [-0.2, -0.15) is 4.33 Å². The number of benzene rings is 2. The van der Waals surface area contributed by atoms with Gasteiger partial charge in [-0.3, -0.25) is 4.79 Å². The first kappa shape index (κ1) is 22.2. The molecule has 0 heterocycles. The predicted molar refractivity (Wildman–Crippen MR) is 109 cm³/mol. The van der Waals surface area contributed by atoms with Crippen LogP contribution in [0.1, 0.15) is 12.5 Å². The number of hydrogen-bond acceptors (Lipinski definition) is 7. The highest BCUT2D eigenvalue weighted by molar-refractivity contribution is 7.94. The Bertz CT molecular complexity index is 903. The molecule has 0 spiro atoms. The van der Waals surface area contributed by atoms with Crippen LogP contribution in [0.15, 0.2) is 58.3 Å². The van der Waals surface area contributed by atoms with Gasteiger partial charge >= 0.3 is 0 Å². The first-order valence-electron chi connectivity index (χ1n) is 8.64. The van der Waals surface area contributed by atoms with E-state index in [0.717, 1.165) is 22.5 Å². The van der Waals surface area contributed by atoms with Crippen molar-refractivity contribution < 1.29 is 22.4 Å². The molecule has 2 N–H and O–H groups in total. The van der Waals surface area contributed by atoms with Crippen LogP contribution < -0.4 is 5.73 Å². The lowest BCUT2D eigenvalue weighted by Crippen LogP contribution is -2.36. The molecule has 0 aliphatic heterocycles. The highest BCUT2D eigenvalue weighted by Crippen LogP contribution is 2.20. The van der Waals surface area contributed by atoms with E-state index in [9.17, 15) is 13.2 Å². The fourth-order valence-corrected chi connectivity index (χ4v) is 4.26. The SMILES string of the molecule is CC(=O)N(CCOOSc1cccc(C)c1)CCS(=O)(=O)c1cccc(N)c1. The van der Waals surface area contributed by atoms with Crippen LogP contribution in [0.3, 0.4) is 0 Å². The topological polar surface area (TPSA) is 98.9 Å². The molecule has 0 aliphatic carbocycles. The Labute approximate surface area is 169 Å². The summed E-state index contributed by atoms with van der Waals surface area (Å²) in [6.07, 6.45) is 0. The Morgan fingerprint density at radius 3 is 2.57 bits per heavy atom. The molecule has 0 saturated carbocycles. The number of nitrogens with zero attached hydrogens (tertiary/aromatic N) is 1. The van der Waals surface area contributed by atoms with E-state index >= 15 is 0 Å². The van der Waals surface area contributed by atoms with Gasteiger partial charge in [0.15, 0.2) is 9.84 Å². The lowest BCUT2D eigenvalue weighted by atomic mass is 10.2. The van der Waals surface area contributed by atoms with Crippen molar-refractivity contribution in [3.63, 3.8) is 0 Å². The second-order valence-corrected chi connectivity index (χ2v) is 9.07. The molecule has 1 amide bonds. The molecule has 0 bridgehead atoms. The molecule has 2 aromatic carbocycles. The maximum atomic E-state index is 12.4. The summed E-state index contributed by atoms with van der Waals surface area (Å²) in [6.45, 7) is 3.76. The van der Waals surface area contributed by atoms with E-state index in [1.54, 1.807) is 12.1 Å². The van der Waals surface area contributed by atoms with Gasteiger partial charge in [-0.1, -0.05) is 18.2 Å². The minimum absolute atomic E-state index is 0.0564.